The zero-order valence-corrected chi connectivity index (χ0v) is 27.9. The normalized spacial score (nSPS) is 19.0. The maximum absolute atomic E-state index is 14.7. The summed E-state index contributed by atoms with van der Waals surface area (Å²) in [6.07, 6.45) is 0. The average Bonchev–Trinajstić information content (AvgIpc) is 3.27. The first-order chi connectivity index (χ1) is 21.5. The van der Waals surface area contributed by atoms with Crippen molar-refractivity contribution < 1.29 is 18.0 Å². The van der Waals surface area contributed by atoms with Gasteiger partial charge < -0.3 is 15.1 Å². The summed E-state index contributed by atoms with van der Waals surface area (Å²) in [5, 5.41) is 6.89. The highest BCUT2D eigenvalue weighted by Gasteiger charge is 2.56. The summed E-state index contributed by atoms with van der Waals surface area (Å²) in [5.41, 5.74) is -0.156. The molecular formula is C32H38Cl2N6O4S. The second-order valence-corrected chi connectivity index (χ2v) is 13.8. The van der Waals surface area contributed by atoms with Gasteiger partial charge in [-0.05, 0) is 69.4 Å². The Morgan fingerprint density at radius 3 is 2.24 bits per heavy atom. The summed E-state index contributed by atoms with van der Waals surface area (Å²) < 4.78 is 29.4. The van der Waals surface area contributed by atoms with Crippen LogP contribution in [0.2, 0.25) is 10.0 Å². The zero-order chi connectivity index (χ0) is 32.4. The average molecular weight is 674 g/mol. The van der Waals surface area contributed by atoms with Crippen LogP contribution < -0.4 is 14.9 Å². The number of nitrogens with zero attached hydrogens (tertiary/aromatic N) is 4. The number of anilines is 2. The van der Waals surface area contributed by atoms with E-state index >= 15 is 0 Å². The van der Waals surface area contributed by atoms with E-state index in [-0.39, 0.29) is 16.6 Å². The fourth-order valence-electron chi connectivity index (χ4n) is 5.89. The van der Waals surface area contributed by atoms with E-state index in [4.69, 9.17) is 23.2 Å². The third-order valence-electron chi connectivity index (χ3n) is 8.47. The van der Waals surface area contributed by atoms with Gasteiger partial charge in [0.05, 0.1) is 10.6 Å². The van der Waals surface area contributed by atoms with Crippen LogP contribution in [0.5, 0.6) is 0 Å². The van der Waals surface area contributed by atoms with Crippen molar-refractivity contribution in [3.8, 4) is 0 Å². The smallest absolute Gasteiger partial charge is 0.321 e. The Hall–Kier alpha value is -3.19. The molecule has 45 heavy (non-hydrogen) atoms. The van der Waals surface area contributed by atoms with Crippen molar-refractivity contribution >= 4 is 56.5 Å². The number of nitrogens with one attached hydrogen (secondary N) is 2. The summed E-state index contributed by atoms with van der Waals surface area (Å²) in [6, 6.07) is 17.2. The SMILES string of the molecule is CCN(CC)C(=O)Nc1ccc(S(=O)(=O)N2C(=O)C(NCCN3CCN(C)CC3)(c3ccccc3Cl)c3cc(Cl)ccc32)cc1. The molecule has 0 radical (unpaired) electrons. The number of urea groups is 1. The molecule has 0 aliphatic carbocycles. The minimum Gasteiger partial charge on any atom is -0.325 e. The van der Waals surface area contributed by atoms with Gasteiger partial charge in [-0.15, -0.1) is 0 Å². The summed E-state index contributed by atoms with van der Waals surface area (Å²) in [5.74, 6) is -0.704. The van der Waals surface area contributed by atoms with Crippen molar-refractivity contribution in [1.82, 2.24) is 20.0 Å². The number of likely N-dealkylation sites (N-methyl/N-ethyl adjacent to an activating group) is 1. The number of sulfonamides is 1. The van der Waals surface area contributed by atoms with Crippen LogP contribution in [0.3, 0.4) is 0 Å². The Labute approximate surface area is 274 Å². The highest BCUT2D eigenvalue weighted by molar-refractivity contribution is 7.93. The fourth-order valence-corrected chi connectivity index (χ4v) is 7.81. The zero-order valence-electron chi connectivity index (χ0n) is 25.6. The van der Waals surface area contributed by atoms with E-state index in [0.717, 1.165) is 30.5 Å². The Balaban J connectivity index is 1.53. The molecule has 1 fully saturated rings. The molecule has 5 rings (SSSR count). The van der Waals surface area contributed by atoms with E-state index < -0.39 is 21.5 Å². The first-order valence-electron chi connectivity index (χ1n) is 15.0. The molecule has 2 N–H and O–H groups in total. The third kappa shape index (κ3) is 6.43. The van der Waals surface area contributed by atoms with Crippen molar-refractivity contribution in [2.75, 3.05) is 69.0 Å². The molecule has 2 aliphatic rings. The Kier molecular flexibility index (Phi) is 10.1. The monoisotopic (exact) mass is 672 g/mol. The van der Waals surface area contributed by atoms with Gasteiger partial charge >= 0.3 is 6.03 Å². The summed E-state index contributed by atoms with van der Waals surface area (Å²) in [4.78, 5) is 33.3. The lowest BCUT2D eigenvalue weighted by Gasteiger charge is -2.35. The second-order valence-electron chi connectivity index (χ2n) is 11.2. The van der Waals surface area contributed by atoms with E-state index in [0.29, 0.717) is 53.0 Å². The number of halogens is 2. The molecular weight excluding hydrogens is 635 g/mol. The Morgan fingerprint density at radius 1 is 0.933 bits per heavy atom. The number of piperazine rings is 1. The van der Waals surface area contributed by atoms with Gasteiger partial charge in [0.2, 0.25) is 0 Å². The Morgan fingerprint density at radius 2 is 1.60 bits per heavy atom. The second kappa shape index (κ2) is 13.7. The topological polar surface area (TPSA) is 105 Å². The van der Waals surface area contributed by atoms with Crippen molar-refractivity contribution in [2.24, 2.45) is 0 Å². The van der Waals surface area contributed by atoms with Gasteiger partial charge in [0, 0.05) is 79.2 Å². The quantitative estimate of drug-likeness (QED) is 0.322. The minimum atomic E-state index is -4.41. The molecule has 0 spiro atoms. The molecule has 1 atom stereocenters. The summed E-state index contributed by atoms with van der Waals surface area (Å²) in [6.45, 7) is 9.52. The summed E-state index contributed by atoms with van der Waals surface area (Å²) >= 11 is 13.2. The third-order valence-corrected chi connectivity index (χ3v) is 10.7. The van der Waals surface area contributed by atoms with Gasteiger partial charge in [-0.3, -0.25) is 15.0 Å². The number of amides is 3. The van der Waals surface area contributed by atoms with E-state index in [1.165, 1.54) is 24.3 Å². The van der Waals surface area contributed by atoms with Gasteiger partial charge in [-0.25, -0.2) is 17.5 Å². The van der Waals surface area contributed by atoms with E-state index in [9.17, 15) is 18.0 Å². The molecule has 0 saturated carbocycles. The first kappa shape index (κ1) is 33.2. The fraction of sp³-hybridized carbons (Fsp3) is 0.375. The van der Waals surface area contributed by atoms with Crippen LogP contribution in [0.15, 0.2) is 71.6 Å². The minimum absolute atomic E-state index is 0.106. The molecule has 3 aromatic carbocycles. The number of benzene rings is 3. The number of carbonyl (C=O) groups is 2. The molecule has 1 saturated heterocycles. The number of rotatable bonds is 10. The first-order valence-corrected chi connectivity index (χ1v) is 17.2. The van der Waals surface area contributed by atoms with Crippen molar-refractivity contribution in [1.29, 1.82) is 0 Å². The highest BCUT2D eigenvalue weighted by atomic mass is 35.5. The van der Waals surface area contributed by atoms with Crippen LogP contribution in [0.4, 0.5) is 16.2 Å². The molecule has 0 bridgehead atoms. The number of carbonyl (C=O) groups excluding carboxylic acids is 2. The van der Waals surface area contributed by atoms with E-state index in [1.54, 1.807) is 47.4 Å². The standard InChI is InChI=1S/C32H38Cl2N6O4S/c1-4-39(5-2)31(42)36-24-11-13-25(14-12-24)45(43,44)40-29-15-10-23(33)22-27(29)32(30(40)41,26-8-6-7-9-28(26)34)35-16-17-38-20-18-37(3)19-21-38/h6-15,22,35H,4-5,16-21H2,1-3H3,(H,36,42). The van der Waals surface area contributed by atoms with Crippen LogP contribution in [-0.4, -0.2) is 94.5 Å². The molecule has 2 heterocycles. The number of fused-ring (bicyclic) bond motifs is 1. The Bertz CT molecular complexity index is 1660. The lowest BCUT2D eigenvalue weighted by atomic mass is 9.83. The lowest BCUT2D eigenvalue weighted by molar-refractivity contribution is -0.121. The van der Waals surface area contributed by atoms with Crippen molar-refractivity contribution in [3.05, 3.63) is 87.9 Å². The molecule has 2 aliphatic heterocycles. The van der Waals surface area contributed by atoms with Crippen LogP contribution in [0, 0.1) is 0 Å². The lowest BCUT2D eigenvalue weighted by Crippen LogP contribution is -2.55. The molecule has 240 valence electrons. The van der Waals surface area contributed by atoms with Gasteiger partial charge in [-0.2, -0.15) is 0 Å². The van der Waals surface area contributed by atoms with Crippen molar-refractivity contribution in [3.63, 3.8) is 0 Å². The predicted octanol–water partition coefficient (Wildman–Crippen LogP) is 4.68. The van der Waals surface area contributed by atoms with Crippen LogP contribution in [0.25, 0.3) is 0 Å². The van der Waals surface area contributed by atoms with Gasteiger partial charge in [0.15, 0.2) is 5.54 Å². The summed E-state index contributed by atoms with van der Waals surface area (Å²) in [7, 11) is -2.32. The maximum Gasteiger partial charge on any atom is 0.321 e. The van der Waals surface area contributed by atoms with Crippen LogP contribution >= 0.6 is 23.2 Å². The largest absolute Gasteiger partial charge is 0.325 e. The number of hydrogen-bond donors (Lipinski definition) is 2. The molecule has 10 nitrogen and oxygen atoms in total. The van der Waals surface area contributed by atoms with Crippen molar-refractivity contribution in [2.45, 2.75) is 24.3 Å². The maximum atomic E-state index is 14.7. The molecule has 3 amide bonds. The van der Waals surface area contributed by atoms with Gasteiger partial charge in [0.1, 0.15) is 0 Å². The highest BCUT2D eigenvalue weighted by Crippen LogP contribution is 2.49. The molecule has 1 unspecified atom stereocenters. The van der Waals surface area contributed by atoms with E-state index in [2.05, 4.69) is 27.5 Å². The molecule has 13 heteroatoms. The van der Waals surface area contributed by atoms with Crippen LogP contribution in [0.1, 0.15) is 25.0 Å². The molecule has 3 aromatic rings. The predicted molar refractivity (Wildman–Crippen MR) is 179 cm³/mol. The van der Waals surface area contributed by atoms with Gasteiger partial charge in [-0.1, -0.05) is 41.4 Å². The number of hydrogen-bond acceptors (Lipinski definition) is 7. The molecule has 0 aromatic heterocycles. The van der Waals surface area contributed by atoms with Crippen LogP contribution in [-0.2, 0) is 20.4 Å². The van der Waals surface area contributed by atoms with Gasteiger partial charge in [0.25, 0.3) is 15.9 Å². The van der Waals surface area contributed by atoms with E-state index in [1.807, 2.05) is 13.8 Å².